The van der Waals surface area contributed by atoms with Crippen molar-refractivity contribution in [3.63, 3.8) is 0 Å². The number of carbonyl (C=O) groups excluding carboxylic acids is 1. The van der Waals surface area contributed by atoms with Gasteiger partial charge in [0.2, 0.25) is 5.91 Å². The average Bonchev–Trinajstić information content (AvgIpc) is 2.74. The number of anilines is 1. The molecular formula is C13H13BrN2OS. The minimum absolute atomic E-state index is 0.388. The number of carbonyl (C=O) groups is 1. The van der Waals surface area contributed by atoms with Crippen LogP contribution in [0.3, 0.4) is 0 Å². The molecule has 0 fully saturated rings. The number of para-hydroxylation sites is 1. The fourth-order valence-corrected chi connectivity index (χ4v) is 3.33. The SMILES string of the molecule is Cc1ccccc1NC(C(N)=O)c1sccc1Br. The molecule has 0 spiro atoms. The van der Waals surface area contributed by atoms with Gasteiger partial charge in [0.05, 0.1) is 4.88 Å². The predicted octanol–water partition coefficient (Wildman–Crippen LogP) is 3.46. The number of aryl methyl sites for hydroxylation is 1. The van der Waals surface area contributed by atoms with Crippen molar-refractivity contribution in [2.24, 2.45) is 5.73 Å². The zero-order chi connectivity index (χ0) is 13.1. The molecule has 94 valence electrons. The summed E-state index contributed by atoms with van der Waals surface area (Å²) in [6.45, 7) is 1.99. The monoisotopic (exact) mass is 324 g/mol. The highest BCUT2D eigenvalue weighted by atomic mass is 79.9. The van der Waals surface area contributed by atoms with E-state index >= 15 is 0 Å². The molecule has 2 aromatic rings. The quantitative estimate of drug-likeness (QED) is 0.904. The Labute approximate surface area is 118 Å². The first-order valence-electron chi connectivity index (χ1n) is 5.44. The summed E-state index contributed by atoms with van der Waals surface area (Å²) in [5.74, 6) is -0.388. The van der Waals surface area contributed by atoms with Gasteiger partial charge in [-0.2, -0.15) is 0 Å². The molecule has 0 saturated heterocycles. The van der Waals surface area contributed by atoms with Crippen molar-refractivity contribution in [3.8, 4) is 0 Å². The lowest BCUT2D eigenvalue weighted by molar-refractivity contribution is -0.118. The molecule has 1 heterocycles. The third-order valence-corrected chi connectivity index (χ3v) is 4.57. The van der Waals surface area contributed by atoms with Crippen LogP contribution < -0.4 is 11.1 Å². The molecule has 0 aliphatic carbocycles. The summed E-state index contributed by atoms with van der Waals surface area (Å²) in [4.78, 5) is 12.5. The zero-order valence-corrected chi connectivity index (χ0v) is 12.2. The highest BCUT2D eigenvalue weighted by Crippen LogP contribution is 2.31. The largest absolute Gasteiger partial charge is 0.369 e. The number of benzene rings is 1. The van der Waals surface area contributed by atoms with E-state index in [-0.39, 0.29) is 5.91 Å². The van der Waals surface area contributed by atoms with Gasteiger partial charge in [-0.1, -0.05) is 18.2 Å². The second kappa shape index (κ2) is 5.54. The van der Waals surface area contributed by atoms with Crippen LogP contribution >= 0.6 is 27.3 Å². The molecule has 0 aliphatic rings. The first-order chi connectivity index (χ1) is 8.59. The molecule has 5 heteroatoms. The van der Waals surface area contributed by atoms with E-state index in [2.05, 4.69) is 21.2 Å². The number of hydrogen-bond donors (Lipinski definition) is 2. The molecule has 1 amide bonds. The first-order valence-corrected chi connectivity index (χ1v) is 7.11. The maximum absolute atomic E-state index is 11.6. The van der Waals surface area contributed by atoms with E-state index in [1.54, 1.807) is 0 Å². The van der Waals surface area contributed by atoms with E-state index in [0.29, 0.717) is 0 Å². The Bertz CT molecular complexity index is 568. The number of rotatable bonds is 4. The fraction of sp³-hybridized carbons (Fsp3) is 0.154. The molecule has 0 saturated carbocycles. The Balaban J connectivity index is 2.31. The number of primary amides is 1. The van der Waals surface area contributed by atoms with E-state index in [9.17, 15) is 4.79 Å². The second-order valence-electron chi connectivity index (χ2n) is 3.93. The summed E-state index contributed by atoms with van der Waals surface area (Å²) in [7, 11) is 0. The van der Waals surface area contributed by atoms with Crippen LogP contribution in [0.2, 0.25) is 0 Å². The molecule has 1 atom stereocenters. The average molecular weight is 325 g/mol. The fourth-order valence-electron chi connectivity index (χ4n) is 1.67. The van der Waals surface area contributed by atoms with Gasteiger partial charge in [0.15, 0.2) is 0 Å². The minimum Gasteiger partial charge on any atom is -0.369 e. The van der Waals surface area contributed by atoms with Crippen molar-refractivity contribution in [1.82, 2.24) is 0 Å². The number of nitrogens with two attached hydrogens (primary N) is 1. The summed E-state index contributed by atoms with van der Waals surface area (Å²) < 4.78 is 0.900. The van der Waals surface area contributed by atoms with Crippen molar-refractivity contribution >= 4 is 38.9 Å². The highest BCUT2D eigenvalue weighted by Gasteiger charge is 2.21. The van der Waals surface area contributed by atoms with Crippen LogP contribution in [0.25, 0.3) is 0 Å². The number of halogens is 1. The van der Waals surface area contributed by atoms with Gasteiger partial charge in [-0.25, -0.2) is 0 Å². The molecule has 3 N–H and O–H groups in total. The lowest BCUT2D eigenvalue weighted by Crippen LogP contribution is -2.27. The highest BCUT2D eigenvalue weighted by molar-refractivity contribution is 9.10. The third-order valence-electron chi connectivity index (χ3n) is 2.64. The molecule has 1 aromatic carbocycles. The van der Waals surface area contributed by atoms with Crippen LogP contribution in [-0.2, 0) is 4.79 Å². The van der Waals surface area contributed by atoms with E-state index in [0.717, 1.165) is 20.6 Å². The second-order valence-corrected chi connectivity index (χ2v) is 5.73. The van der Waals surface area contributed by atoms with Gasteiger partial charge < -0.3 is 11.1 Å². The van der Waals surface area contributed by atoms with Crippen LogP contribution in [0.4, 0.5) is 5.69 Å². The summed E-state index contributed by atoms with van der Waals surface area (Å²) in [6, 6.07) is 9.21. The smallest absolute Gasteiger partial charge is 0.245 e. The molecular weight excluding hydrogens is 312 g/mol. The Kier molecular flexibility index (Phi) is 4.04. The minimum atomic E-state index is -0.513. The molecule has 0 radical (unpaired) electrons. The normalized spacial score (nSPS) is 12.1. The van der Waals surface area contributed by atoms with Crippen molar-refractivity contribution in [2.75, 3.05) is 5.32 Å². The third kappa shape index (κ3) is 2.73. The van der Waals surface area contributed by atoms with Gasteiger partial charge in [0.25, 0.3) is 0 Å². The molecule has 2 rings (SSSR count). The topological polar surface area (TPSA) is 55.1 Å². The van der Waals surface area contributed by atoms with Crippen LogP contribution in [-0.4, -0.2) is 5.91 Å². The van der Waals surface area contributed by atoms with E-state index in [1.165, 1.54) is 11.3 Å². The zero-order valence-electron chi connectivity index (χ0n) is 9.81. The Morgan fingerprint density at radius 1 is 1.39 bits per heavy atom. The van der Waals surface area contributed by atoms with Crippen molar-refractivity contribution in [1.29, 1.82) is 0 Å². The van der Waals surface area contributed by atoms with Gasteiger partial charge in [-0.15, -0.1) is 11.3 Å². The van der Waals surface area contributed by atoms with Gasteiger partial charge in [0, 0.05) is 10.2 Å². The predicted molar refractivity (Wildman–Crippen MR) is 78.8 cm³/mol. The number of nitrogens with one attached hydrogen (secondary N) is 1. The van der Waals surface area contributed by atoms with Crippen LogP contribution in [0, 0.1) is 6.92 Å². The van der Waals surface area contributed by atoms with Gasteiger partial charge in [-0.3, -0.25) is 4.79 Å². The maximum Gasteiger partial charge on any atom is 0.245 e. The van der Waals surface area contributed by atoms with E-state index in [1.807, 2.05) is 42.6 Å². The Hall–Kier alpha value is -1.33. The Morgan fingerprint density at radius 2 is 2.11 bits per heavy atom. The first kappa shape index (κ1) is 13.1. The summed E-state index contributed by atoms with van der Waals surface area (Å²) in [6.07, 6.45) is 0. The standard InChI is InChI=1S/C13H13BrN2OS/c1-8-4-2-3-5-10(8)16-11(13(15)17)12-9(14)6-7-18-12/h2-7,11,16H,1H3,(H2,15,17). The van der Waals surface area contributed by atoms with E-state index < -0.39 is 6.04 Å². The lowest BCUT2D eigenvalue weighted by Gasteiger charge is -2.17. The van der Waals surface area contributed by atoms with Crippen molar-refractivity contribution in [2.45, 2.75) is 13.0 Å². The van der Waals surface area contributed by atoms with Crippen LogP contribution in [0.1, 0.15) is 16.5 Å². The van der Waals surface area contributed by atoms with Crippen LogP contribution in [0.5, 0.6) is 0 Å². The van der Waals surface area contributed by atoms with Crippen molar-refractivity contribution < 1.29 is 4.79 Å². The number of thiophene rings is 1. The maximum atomic E-state index is 11.6. The Morgan fingerprint density at radius 3 is 2.67 bits per heavy atom. The van der Waals surface area contributed by atoms with Crippen molar-refractivity contribution in [3.05, 3.63) is 50.6 Å². The summed E-state index contributed by atoms with van der Waals surface area (Å²) in [5.41, 5.74) is 7.48. The molecule has 0 aliphatic heterocycles. The van der Waals surface area contributed by atoms with E-state index in [4.69, 9.17) is 5.73 Å². The molecule has 1 aromatic heterocycles. The molecule has 1 unspecified atom stereocenters. The number of amides is 1. The molecule has 0 bridgehead atoms. The molecule has 18 heavy (non-hydrogen) atoms. The molecule has 3 nitrogen and oxygen atoms in total. The number of hydrogen-bond acceptors (Lipinski definition) is 3. The van der Waals surface area contributed by atoms with Crippen LogP contribution in [0.15, 0.2) is 40.2 Å². The lowest BCUT2D eigenvalue weighted by atomic mass is 10.1. The van der Waals surface area contributed by atoms with Gasteiger partial charge in [-0.05, 0) is 45.9 Å². The van der Waals surface area contributed by atoms with Gasteiger partial charge >= 0.3 is 0 Å². The summed E-state index contributed by atoms with van der Waals surface area (Å²) in [5, 5.41) is 5.12. The van der Waals surface area contributed by atoms with Gasteiger partial charge in [0.1, 0.15) is 6.04 Å². The summed E-state index contributed by atoms with van der Waals surface area (Å²) >= 11 is 4.93.